The van der Waals surface area contributed by atoms with Crippen molar-refractivity contribution in [2.75, 3.05) is 17.3 Å². The van der Waals surface area contributed by atoms with Gasteiger partial charge in [-0.25, -0.2) is 9.59 Å². The van der Waals surface area contributed by atoms with Crippen LogP contribution in [0.5, 0.6) is 0 Å². The lowest BCUT2D eigenvalue weighted by atomic mass is 10.0. The topological polar surface area (TPSA) is 127 Å². The summed E-state index contributed by atoms with van der Waals surface area (Å²) in [6.07, 6.45) is 3.08. The zero-order valence-electron chi connectivity index (χ0n) is 23.2. The van der Waals surface area contributed by atoms with Crippen LogP contribution in [-0.2, 0) is 22.5 Å². The number of nitrogens with one attached hydrogen (secondary N) is 2. The molecule has 0 saturated heterocycles. The fourth-order valence-corrected chi connectivity index (χ4v) is 4.19. The predicted octanol–water partition coefficient (Wildman–Crippen LogP) is 4.60. The second kappa shape index (κ2) is 12.0. The van der Waals surface area contributed by atoms with E-state index in [1.807, 2.05) is 36.4 Å². The van der Waals surface area contributed by atoms with Crippen LogP contribution in [0.3, 0.4) is 0 Å². The number of rotatable bonds is 8. The molecule has 0 fully saturated rings. The molecule has 40 heavy (non-hydrogen) atoms. The van der Waals surface area contributed by atoms with Crippen molar-refractivity contribution < 1.29 is 18.7 Å². The van der Waals surface area contributed by atoms with Crippen LogP contribution in [0.15, 0.2) is 76.2 Å². The number of fused-ring (bicyclic) bond motifs is 1. The maximum atomic E-state index is 13.4. The number of aromatic nitrogens is 2. The first-order chi connectivity index (χ1) is 19.0. The number of pyridine rings is 1. The Morgan fingerprint density at radius 1 is 1.05 bits per heavy atom. The number of hydrogen-bond acceptors (Lipinski definition) is 8. The fraction of sp³-hybridized carbons (Fsp3) is 0.300. The average Bonchev–Trinajstić information content (AvgIpc) is 2.91. The summed E-state index contributed by atoms with van der Waals surface area (Å²) in [7, 11) is 1.67. The third kappa shape index (κ3) is 7.02. The normalized spacial score (nSPS) is 12.0. The van der Waals surface area contributed by atoms with E-state index >= 15 is 0 Å². The van der Waals surface area contributed by atoms with Crippen LogP contribution >= 0.6 is 0 Å². The molecule has 4 aromatic rings. The minimum absolute atomic E-state index is 0.00205. The van der Waals surface area contributed by atoms with Crippen LogP contribution in [0.1, 0.15) is 37.5 Å². The van der Waals surface area contributed by atoms with Gasteiger partial charge in [-0.2, -0.15) is 4.98 Å². The van der Waals surface area contributed by atoms with E-state index in [9.17, 15) is 14.4 Å². The highest BCUT2D eigenvalue weighted by atomic mass is 16.6. The fourth-order valence-electron chi connectivity index (χ4n) is 4.19. The average molecular weight is 544 g/mol. The van der Waals surface area contributed by atoms with E-state index in [-0.39, 0.29) is 17.3 Å². The second-order valence-electron chi connectivity index (χ2n) is 10.4. The SMILES string of the molecule is Cc1c(NC(=O)OC(C)(C)C)ccc2nc(N(C)C(Cc3ccccc3)C(=O)NCc3cccnc3)oc(=O)c12. The van der Waals surface area contributed by atoms with Crippen molar-refractivity contribution in [1.29, 1.82) is 0 Å². The molecule has 2 N–H and O–H groups in total. The third-order valence-corrected chi connectivity index (χ3v) is 6.22. The number of benzene rings is 2. The molecule has 0 bridgehead atoms. The highest BCUT2D eigenvalue weighted by Gasteiger charge is 2.27. The molecular weight excluding hydrogens is 510 g/mol. The molecule has 0 aliphatic heterocycles. The minimum Gasteiger partial charge on any atom is -0.444 e. The number of carbonyl (C=O) groups excluding carboxylic acids is 2. The van der Waals surface area contributed by atoms with Crippen molar-refractivity contribution in [2.45, 2.75) is 52.3 Å². The van der Waals surface area contributed by atoms with E-state index in [1.54, 1.807) is 70.2 Å². The number of anilines is 2. The summed E-state index contributed by atoms with van der Waals surface area (Å²) in [5.74, 6) is -0.257. The first-order valence-corrected chi connectivity index (χ1v) is 12.9. The maximum absolute atomic E-state index is 13.4. The van der Waals surface area contributed by atoms with Crippen molar-refractivity contribution >= 4 is 34.6 Å². The molecular formula is C30H33N5O5. The molecule has 2 heterocycles. The molecule has 0 radical (unpaired) electrons. The Bertz CT molecular complexity index is 1550. The van der Waals surface area contributed by atoms with Gasteiger partial charge in [0.2, 0.25) is 5.91 Å². The molecule has 2 amide bonds. The van der Waals surface area contributed by atoms with Crippen molar-refractivity contribution in [3.8, 4) is 0 Å². The summed E-state index contributed by atoms with van der Waals surface area (Å²) in [6, 6.07) is 15.8. The standard InChI is InChI=1S/C30H33N5O5/c1-19-22(34-29(38)40-30(2,3)4)13-14-23-25(19)27(37)39-28(33-23)35(5)24(16-20-10-7-6-8-11-20)26(36)32-18-21-12-9-15-31-17-21/h6-15,17,24H,16,18H2,1-5H3,(H,32,36)(H,34,38). The molecule has 10 nitrogen and oxygen atoms in total. The molecule has 0 saturated carbocycles. The molecule has 208 valence electrons. The summed E-state index contributed by atoms with van der Waals surface area (Å²) in [5.41, 5.74) is 1.77. The van der Waals surface area contributed by atoms with E-state index < -0.39 is 23.4 Å². The van der Waals surface area contributed by atoms with Crippen molar-refractivity contribution in [1.82, 2.24) is 15.3 Å². The van der Waals surface area contributed by atoms with Gasteiger partial charge < -0.3 is 19.4 Å². The van der Waals surface area contributed by atoms with Gasteiger partial charge in [0.1, 0.15) is 11.6 Å². The molecule has 10 heteroatoms. The maximum Gasteiger partial charge on any atom is 0.412 e. The molecule has 0 spiro atoms. The highest BCUT2D eigenvalue weighted by molar-refractivity contribution is 5.93. The summed E-state index contributed by atoms with van der Waals surface area (Å²) < 4.78 is 11.0. The van der Waals surface area contributed by atoms with Crippen LogP contribution in [0.2, 0.25) is 0 Å². The lowest BCUT2D eigenvalue weighted by molar-refractivity contribution is -0.122. The zero-order valence-corrected chi connectivity index (χ0v) is 23.2. The van der Waals surface area contributed by atoms with E-state index in [0.717, 1.165) is 11.1 Å². The Morgan fingerprint density at radius 3 is 2.45 bits per heavy atom. The molecule has 1 unspecified atom stereocenters. The number of likely N-dealkylation sites (N-methyl/N-ethyl adjacent to an activating group) is 1. The molecule has 2 aromatic heterocycles. The first kappa shape index (κ1) is 28.3. The molecule has 1 atom stereocenters. The van der Waals surface area contributed by atoms with Gasteiger partial charge in [0.15, 0.2) is 0 Å². The van der Waals surface area contributed by atoms with Gasteiger partial charge in [0.05, 0.1) is 10.9 Å². The Hall–Kier alpha value is -4.73. The van der Waals surface area contributed by atoms with E-state index in [4.69, 9.17) is 9.15 Å². The van der Waals surface area contributed by atoms with Gasteiger partial charge in [-0.15, -0.1) is 0 Å². The van der Waals surface area contributed by atoms with E-state index in [2.05, 4.69) is 20.6 Å². The molecule has 0 aliphatic rings. The third-order valence-electron chi connectivity index (χ3n) is 6.22. The summed E-state index contributed by atoms with van der Waals surface area (Å²) in [6.45, 7) is 7.29. The molecule has 0 aliphatic carbocycles. The Balaban J connectivity index is 1.62. The quantitative estimate of drug-likeness (QED) is 0.330. The predicted molar refractivity (Wildman–Crippen MR) is 153 cm³/mol. The second-order valence-corrected chi connectivity index (χ2v) is 10.4. The number of aryl methyl sites for hydroxylation is 1. The van der Waals surface area contributed by atoms with Crippen molar-refractivity contribution in [2.24, 2.45) is 0 Å². The number of ether oxygens (including phenoxy) is 1. The van der Waals surface area contributed by atoms with E-state index in [0.29, 0.717) is 29.7 Å². The molecule has 4 rings (SSSR count). The lowest BCUT2D eigenvalue weighted by Crippen LogP contribution is -2.47. The van der Waals surface area contributed by atoms with Gasteiger partial charge in [0, 0.05) is 38.1 Å². The Labute approximate surface area is 232 Å². The minimum atomic E-state index is -0.721. The van der Waals surface area contributed by atoms with Gasteiger partial charge in [0.25, 0.3) is 0 Å². The van der Waals surface area contributed by atoms with Crippen LogP contribution in [0, 0.1) is 6.92 Å². The van der Waals surface area contributed by atoms with Gasteiger partial charge in [-0.05, 0) is 62.6 Å². The number of hydrogen-bond donors (Lipinski definition) is 2. The van der Waals surface area contributed by atoms with Gasteiger partial charge in [-0.3, -0.25) is 15.1 Å². The summed E-state index contributed by atoms with van der Waals surface area (Å²) >= 11 is 0. The van der Waals surface area contributed by atoms with Crippen LogP contribution in [0.4, 0.5) is 16.5 Å². The highest BCUT2D eigenvalue weighted by Crippen LogP contribution is 2.25. The number of amides is 2. The van der Waals surface area contributed by atoms with Crippen molar-refractivity contribution in [3.63, 3.8) is 0 Å². The van der Waals surface area contributed by atoms with Gasteiger partial charge >= 0.3 is 17.7 Å². The summed E-state index contributed by atoms with van der Waals surface area (Å²) in [4.78, 5) is 49.1. The largest absolute Gasteiger partial charge is 0.444 e. The van der Waals surface area contributed by atoms with Gasteiger partial charge in [-0.1, -0.05) is 36.4 Å². The van der Waals surface area contributed by atoms with E-state index in [1.165, 1.54) is 0 Å². The number of carbonyl (C=O) groups is 2. The van der Waals surface area contributed by atoms with Crippen molar-refractivity contribution in [3.05, 3.63) is 94.1 Å². The first-order valence-electron chi connectivity index (χ1n) is 12.9. The summed E-state index contributed by atoms with van der Waals surface area (Å²) in [5, 5.41) is 5.85. The monoisotopic (exact) mass is 543 g/mol. The molecule has 2 aromatic carbocycles. The lowest BCUT2D eigenvalue weighted by Gasteiger charge is -2.27. The Kier molecular flexibility index (Phi) is 8.47. The zero-order chi connectivity index (χ0) is 28.9. The van der Waals surface area contributed by atoms with Crippen LogP contribution in [0.25, 0.3) is 10.9 Å². The Morgan fingerprint density at radius 2 is 1.77 bits per heavy atom. The smallest absolute Gasteiger partial charge is 0.412 e. The van der Waals surface area contributed by atoms with Crippen LogP contribution in [-0.4, -0.2) is 40.7 Å². The number of nitrogens with zero attached hydrogens (tertiary/aromatic N) is 3. The van der Waals surface area contributed by atoms with Crippen LogP contribution < -0.4 is 21.2 Å².